The molecule has 72 valence electrons. The maximum atomic E-state index is 12.9. The van der Waals surface area contributed by atoms with Crippen molar-refractivity contribution in [2.24, 2.45) is 5.41 Å². The summed E-state index contributed by atoms with van der Waals surface area (Å²) in [5, 5.41) is -0.0729. The van der Waals surface area contributed by atoms with Crippen molar-refractivity contribution < 1.29 is 17.9 Å². The van der Waals surface area contributed by atoms with E-state index in [0.29, 0.717) is 0 Å². The summed E-state index contributed by atoms with van der Waals surface area (Å²) >= 11 is 4.42. The van der Waals surface area contributed by atoms with Crippen molar-refractivity contribution >= 4 is 17.3 Å². The zero-order valence-corrected chi connectivity index (χ0v) is 7.92. The van der Waals surface area contributed by atoms with E-state index >= 15 is 0 Å². The number of thiocarbonyl (C=S) groups is 1. The van der Waals surface area contributed by atoms with Crippen molar-refractivity contribution in [3.63, 3.8) is 0 Å². The lowest BCUT2D eigenvalue weighted by atomic mass is 9.94. The van der Waals surface area contributed by atoms with E-state index in [1.54, 1.807) is 0 Å². The molecule has 0 saturated heterocycles. The second-order valence-electron chi connectivity index (χ2n) is 3.05. The van der Waals surface area contributed by atoms with Crippen molar-refractivity contribution in [1.29, 1.82) is 0 Å². The monoisotopic (exact) mass is 200 g/mol. The standard InChI is InChI=1S/C7H11F3OS/c1-4(12)11-6(10)7(2,3)5(8)9/h5-6H,1-3H3. The molecule has 12 heavy (non-hydrogen) atoms. The summed E-state index contributed by atoms with van der Waals surface area (Å²) in [5.74, 6) is 0. The van der Waals surface area contributed by atoms with E-state index in [0.717, 1.165) is 13.8 Å². The van der Waals surface area contributed by atoms with Gasteiger partial charge in [0.1, 0.15) is 0 Å². The van der Waals surface area contributed by atoms with E-state index in [4.69, 9.17) is 0 Å². The minimum absolute atomic E-state index is 0.0729. The average Bonchev–Trinajstić information content (AvgIpc) is 1.85. The zero-order valence-electron chi connectivity index (χ0n) is 7.11. The Hall–Kier alpha value is -0.320. The largest absolute Gasteiger partial charge is 0.453 e. The highest BCUT2D eigenvalue weighted by molar-refractivity contribution is 7.80. The van der Waals surface area contributed by atoms with Crippen LogP contribution in [0.15, 0.2) is 0 Å². The molecule has 1 nitrogen and oxygen atoms in total. The van der Waals surface area contributed by atoms with Gasteiger partial charge in [0, 0.05) is 6.92 Å². The molecule has 0 radical (unpaired) electrons. The third-order valence-electron chi connectivity index (χ3n) is 1.42. The first-order valence-corrected chi connectivity index (χ1v) is 3.78. The lowest BCUT2D eigenvalue weighted by Gasteiger charge is -2.27. The van der Waals surface area contributed by atoms with E-state index in [9.17, 15) is 13.2 Å². The number of halogens is 3. The number of hydrogen-bond acceptors (Lipinski definition) is 2. The lowest BCUT2D eigenvalue weighted by Crippen LogP contribution is -2.35. The predicted molar refractivity (Wildman–Crippen MR) is 44.0 cm³/mol. The van der Waals surface area contributed by atoms with Crippen molar-refractivity contribution in [3.8, 4) is 0 Å². The second-order valence-corrected chi connectivity index (χ2v) is 3.62. The van der Waals surface area contributed by atoms with Crippen LogP contribution in [0.3, 0.4) is 0 Å². The van der Waals surface area contributed by atoms with Crippen LogP contribution < -0.4 is 0 Å². The molecule has 0 aliphatic rings. The molecule has 0 bridgehead atoms. The maximum absolute atomic E-state index is 12.9. The van der Waals surface area contributed by atoms with Crippen LogP contribution in [0.2, 0.25) is 0 Å². The molecule has 0 amide bonds. The van der Waals surface area contributed by atoms with E-state index in [-0.39, 0.29) is 5.05 Å². The van der Waals surface area contributed by atoms with Gasteiger partial charge in [0.25, 0.3) is 0 Å². The Morgan fingerprint density at radius 3 is 2.00 bits per heavy atom. The van der Waals surface area contributed by atoms with Crippen LogP contribution >= 0.6 is 12.2 Å². The molecule has 0 saturated carbocycles. The van der Waals surface area contributed by atoms with Crippen LogP contribution in [0, 0.1) is 5.41 Å². The third kappa shape index (κ3) is 2.97. The summed E-state index contributed by atoms with van der Waals surface area (Å²) in [6, 6.07) is 0. The molecule has 0 aromatic rings. The second kappa shape index (κ2) is 4.07. The average molecular weight is 200 g/mol. The van der Waals surface area contributed by atoms with Crippen LogP contribution in [-0.4, -0.2) is 17.8 Å². The summed E-state index contributed by atoms with van der Waals surface area (Å²) in [7, 11) is 0. The van der Waals surface area contributed by atoms with Crippen molar-refractivity contribution in [1.82, 2.24) is 0 Å². The first kappa shape index (κ1) is 11.7. The van der Waals surface area contributed by atoms with Crippen LogP contribution in [0.4, 0.5) is 13.2 Å². The lowest BCUT2D eigenvalue weighted by molar-refractivity contribution is -0.119. The van der Waals surface area contributed by atoms with E-state index < -0.39 is 18.2 Å². The smallest absolute Gasteiger partial charge is 0.249 e. The fraction of sp³-hybridized carbons (Fsp3) is 0.857. The minimum atomic E-state index is -2.78. The molecule has 0 N–H and O–H groups in total. The molecule has 0 aromatic heterocycles. The normalized spacial score (nSPS) is 14.6. The van der Waals surface area contributed by atoms with Gasteiger partial charge in [-0.1, -0.05) is 0 Å². The van der Waals surface area contributed by atoms with Crippen molar-refractivity contribution in [2.45, 2.75) is 33.6 Å². The van der Waals surface area contributed by atoms with Gasteiger partial charge in [-0.15, -0.1) is 0 Å². The van der Waals surface area contributed by atoms with Crippen LogP contribution in [0.25, 0.3) is 0 Å². The summed E-state index contributed by atoms with van der Waals surface area (Å²) in [5.41, 5.74) is -1.82. The highest BCUT2D eigenvalue weighted by atomic mass is 32.1. The first-order valence-electron chi connectivity index (χ1n) is 3.38. The molecular formula is C7H11F3OS. The van der Waals surface area contributed by atoms with Gasteiger partial charge in [-0.2, -0.15) is 0 Å². The van der Waals surface area contributed by atoms with E-state index in [2.05, 4.69) is 17.0 Å². The van der Waals surface area contributed by atoms with Gasteiger partial charge in [0.05, 0.1) is 5.41 Å². The van der Waals surface area contributed by atoms with E-state index in [1.807, 2.05) is 0 Å². The van der Waals surface area contributed by atoms with Gasteiger partial charge < -0.3 is 4.74 Å². The molecule has 1 atom stereocenters. The summed E-state index contributed by atoms with van der Waals surface area (Å²) in [6.07, 6.45) is -4.84. The third-order valence-corrected chi connectivity index (χ3v) is 1.51. The molecule has 0 heterocycles. The van der Waals surface area contributed by atoms with Crippen molar-refractivity contribution in [3.05, 3.63) is 0 Å². The maximum Gasteiger partial charge on any atom is 0.249 e. The van der Waals surface area contributed by atoms with Gasteiger partial charge >= 0.3 is 0 Å². The molecule has 0 spiro atoms. The highest BCUT2D eigenvalue weighted by Gasteiger charge is 2.40. The molecule has 0 aliphatic carbocycles. The van der Waals surface area contributed by atoms with Gasteiger partial charge in [-0.25, -0.2) is 13.2 Å². The first-order chi connectivity index (χ1) is 5.28. The topological polar surface area (TPSA) is 9.23 Å². The molecule has 0 rings (SSSR count). The highest BCUT2D eigenvalue weighted by Crippen LogP contribution is 2.31. The Kier molecular flexibility index (Phi) is 3.96. The van der Waals surface area contributed by atoms with Gasteiger partial charge in [-0.05, 0) is 26.1 Å². The molecule has 0 aliphatic heterocycles. The Balaban J connectivity index is 4.24. The predicted octanol–water partition coefficient (Wildman–Crippen LogP) is 2.94. The number of hydrogen-bond donors (Lipinski definition) is 0. The summed E-state index contributed by atoms with van der Waals surface area (Å²) < 4.78 is 41.6. The zero-order chi connectivity index (χ0) is 9.94. The fourth-order valence-electron chi connectivity index (χ4n) is 0.397. The number of rotatable bonds is 3. The van der Waals surface area contributed by atoms with Crippen LogP contribution in [0.1, 0.15) is 20.8 Å². The van der Waals surface area contributed by atoms with Crippen LogP contribution in [0.5, 0.6) is 0 Å². The molecular weight excluding hydrogens is 189 g/mol. The Bertz CT molecular complexity index is 170. The Morgan fingerprint density at radius 2 is 1.75 bits per heavy atom. The number of ether oxygens (including phenoxy) is 1. The summed E-state index contributed by atoms with van der Waals surface area (Å²) in [6.45, 7) is 3.50. The molecule has 5 heteroatoms. The van der Waals surface area contributed by atoms with Gasteiger partial charge in [-0.3, -0.25) is 0 Å². The Labute approximate surface area is 74.9 Å². The fourth-order valence-corrected chi connectivity index (χ4v) is 0.481. The van der Waals surface area contributed by atoms with Gasteiger partial charge in [0.15, 0.2) is 5.05 Å². The minimum Gasteiger partial charge on any atom is -0.453 e. The molecule has 0 aromatic carbocycles. The number of alkyl halides is 3. The van der Waals surface area contributed by atoms with Crippen molar-refractivity contribution in [2.75, 3.05) is 0 Å². The molecule has 0 fully saturated rings. The van der Waals surface area contributed by atoms with Crippen LogP contribution in [-0.2, 0) is 4.74 Å². The SMILES string of the molecule is CC(=S)OC(F)C(C)(C)C(F)F. The van der Waals surface area contributed by atoms with E-state index in [1.165, 1.54) is 6.92 Å². The quantitative estimate of drug-likeness (QED) is 0.648. The Morgan fingerprint density at radius 1 is 1.33 bits per heavy atom. The summed E-state index contributed by atoms with van der Waals surface area (Å²) in [4.78, 5) is 0. The van der Waals surface area contributed by atoms with Gasteiger partial charge in [0.2, 0.25) is 12.8 Å². The molecule has 1 unspecified atom stereocenters.